The number of amides is 2. The highest BCUT2D eigenvalue weighted by molar-refractivity contribution is 7.98. The lowest BCUT2D eigenvalue weighted by molar-refractivity contribution is -0.120. The number of nitrogens with one attached hydrogen (secondary N) is 2. The maximum Gasteiger partial charge on any atom is 0.412 e. The summed E-state index contributed by atoms with van der Waals surface area (Å²) in [6, 6.07) is 15.5. The lowest BCUT2D eigenvalue weighted by Crippen LogP contribution is -2.25. The van der Waals surface area contributed by atoms with Gasteiger partial charge in [0.25, 0.3) is 0 Å². The predicted molar refractivity (Wildman–Crippen MR) is 139 cm³/mol. The van der Waals surface area contributed by atoms with Gasteiger partial charge in [0.15, 0.2) is 5.76 Å². The fourth-order valence-corrected chi connectivity index (χ4v) is 4.70. The van der Waals surface area contributed by atoms with E-state index in [2.05, 4.69) is 15.8 Å². The minimum Gasteiger partial charge on any atom is -0.441 e. The Morgan fingerprint density at radius 2 is 1.94 bits per heavy atom. The van der Waals surface area contributed by atoms with E-state index in [9.17, 15) is 9.59 Å². The van der Waals surface area contributed by atoms with Crippen molar-refractivity contribution >= 4 is 41.1 Å². The summed E-state index contributed by atoms with van der Waals surface area (Å²) in [5, 5.41) is 10.3. The Hall–Kier alpha value is -2.97. The molecule has 2 aromatic carbocycles. The van der Waals surface area contributed by atoms with Crippen molar-refractivity contribution in [2.45, 2.75) is 51.0 Å². The van der Waals surface area contributed by atoms with Gasteiger partial charge in [-0.05, 0) is 38.3 Å². The molecule has 1 aliphatic carbocycles. The van der Waals surface area contributed by atoms with Crippen LogP contribution in [0.25, 0.3) is 11.3 Å². The number of ether oxygens (including phenoxy) is 1. The summed E-state index contributed by atoms with van der Waals surface area (Å²) in [6.45, 7) is 3.52. The van der Waals surface area contributed by atoms with Gasteiger partial charge in [0, 0.05) is 40.1 Å². The maximum absolute atomic E-state index is 12.6. The molecule has 0 aliphatic heterocycles. The van der Waals surface area contributed by atoms with Gasteiger partial charge in [-0.25, -0.2) is 4.79 Å². The summed E-state index contributed by atoms with van der Waals surface area (Å²) in [4.78, 5) is 24.4. The number of nitrogens with zero attached hydrogens (tertiary/aromatic N) is 1. The van der Waals surface area contributed by atoms with Gasteiger partial charge in [-0.2, -0.15) is 11.8 Å². The number of anilines is 1. The van der Waals surface area contributed by atoms with E-state index in [0.29, 0.717) is 34.6 Å². The second kappa shape index (κ2) is 11.6. The van der Waals surface area contributed by atoms with Crippen LogP contribution in [0.1, 0.15) is 49.1 Å². The van der Waals surface area contributed by atoms with E-state index in [4.69, 9.17) is 20.9 Å². The molecule has 1 aromatic heterocycles. The Morgan fingerprint density at radius 3 is 2.66 bits per heavy atom. The molecule has 1 fully saturated rings. The first-order valence-corrected chi connectivity index (χ1v) is 13.1. The molecule has 4 rings (SSSR count). The predicted octanol–water partition coefficient (Wildman–Crippen LogP) is 6.52. The molecular weight excluding hydrogens is 486 g/mol. The van der Waals surface area contributed by atoms with Crippen LogP contribution in [-0.4, -0.2) is 29.0 Å². The topological polar surface area (TPSA) is 93.5 Å². The van der Waals surface area contributed by atoms with E-state index in [1.165, 1.54) is 0 Å². The van der Waals surface area contributed by atoms with Crippen LogP contribution in [0.5, 0.6) is 0 Å². The quantitative estimate of drug-likeness (QED) is 0.300. The number of hydrogen-bond acceptors (Lipinski definition) is 6. The average molecular weight is 514 g/mol. The number of rotatable bonds is 10. The first-order chi connectivity index (χ1) is 16.9. The molecule has 7 nitrogen and oxygen atoms in total. The van der Waals surface area contributed by atoms with Crippen molar-refractivity contribution in [2.24, 2.45) is 0 Å². The molecule has 0 saturated heterocycles. The van der Waals surface area contributed by atoms with Gasteiger partial charge in [-0.3, -0.25) is 10.1 Å². The van der Waals surface area contributed by atoms with Gasteiger partial charge in [0.05, 0.1) is 0 Å². The van der Waals surface area contributed by atoms with Crippen molar-refractivity contribution in [3.63, 3.8) is 0 Å². The van der Waals surface area contributed by atoms with E-state index in [0.717, 1.165) is 41.0 Å². The lowest BCUT2D eigenvalue weighted by atomic mass is 10.1. The number of thioether (sulfide) groups is 1. The van der Waals surface area contributed by atoms with Crippen molar-refractivity contribution < 1.29 is 18.8 Å². The smallest absolute Gasteiger partial charge is 0.412 e. The zero-order valence-corrected chi connectivity index (χ0v) is 21.2. The summed E-state index contributed by atoms with van der Waals surface area (Å²) in [7, 11) is 0. The second-order valence-electron chi connectivity index (χ2n) is 8.51. The Labute approximate surface area is 213 Å². The van der Waals surface area contributed by atoms with Crippen molar-refractivity contribution in [1.29, 1.82) is 0 Å². The lowest BCUT2D eigenvalue weighted by Gasteiger charge is -2.15. The summed E-state index contributed by atoms with van der Waals surface area (Å²) in [5.41, 5.74) is 3.66. The van der Waals surface area contributed by atoms with Crippen LogP contribution < -0.4 is 10.6 Å². The van der Waals surface area contributed by atoms with Crippen LogP contribution in [0.4, 0.5) is 10.5 Å². The molecule has 1 heterocycles. The van der Waals surface area contributed by atoms with Crippen LogP contribution >= 0.6 is 23.4 Å². The molecule has 9 heteroatoms. The first-order valence-electron chi connectivity index (χ1n) is 11.6. The Bertz CT molecular complexity index is 1180. The van der Waals surface area contributed by atoms with E-state index in [1.54, 1.807) is 31.7 Å². The first kappa shape index (κ1) is 25.1. The van der Waals surface area contributed by atoms with E-state index in [1.807, 2.05) is 42.5 Å². The molecule has 184 valence electrons. The number of carbonyl (C=O) groups excluding carboxylic acids is 2. The molecule has 2 N–H and O–H groups in total. The highest BCUT2D eigenvalue weighted by atomic mass is 35.5. The molecule has 1 unspecified atom stereocenters. The van der Waals surface area contributed by atoms with Crippen LogP contribution in [0, 0.1) is 6.92 Å². The largest absolute Gasteiger partial charge is 0.441 e. The van der Waals surface area contributed by atoms with E-state index in [-0.39, 0.29) is 5.91 Å². The monoisotopic (exact) mass is 513 g/mol. The number of aryl methyl sites for hydroxylation is 1. The summed E-state index contributed by atoms with van der Waals surface area (Å²) >= 11 is 7.93. The molecule has 3 aromatic rings. The number of benzene rings is 2. The third-order valence-corrected chi connectivity index (χ3v) is 6.99. The standard InChI is InChI=1S/C26H28ClN3O4S/c1-16-24(29-26(32)33-17(2)21-5-3-4-6-22(21)27)25(34-30-16)19-9-7-18(8-10-19)15-35-14-13-23(31)28-20-11-12-20/h3-10,17,20H,11-15H2,1-2H3,(H,28,31)(H,29,32). The Balaban J connectivity index is 1.32. The van der Waals surface area contributed by atoms with Crippen molar-refractivity contribution in [2.75, 3.05) is 11.1 Å². The molecule has 0 bridgehead atoms. The molecule has 1 saturated carbocycles. The van der Waals surface area contributed by atoms with Crippen molar-refractivity contribution in [3.8, 4) is 11.3 Å². The SMILES string of the molecule is Cc1noc(-c2ccc(CSCCC(=O)NC3CC3)cc2)c1NC(=O)OC(C)c1ccccc1Cl. The van der Waals surface area contributed by atoms with Gasteiger partial charge in [-0.1, -0.05) is 59.2 Å². The van der Waals surface area contributed by atoms with Gasteiger partial charge in [-0.15, -0.1) is 0 Å². The van der Waals surface area contributed by atoms with Crippen LogP contribution in [-0.2, 0) is 15.3 Å². The van der Waals surface area contributed by atoms with Crippen LogP contribution in [0.3, 0.4) is 0 Å². The Morgan fingerprint density at radius 1 is 1.20 bits per heavy atom. The minimum atomic E-state index is -0.622. The number of aromatic nitrogens is 1. The fourth-order valence-electron chi connectivity index (χ4n) is 3.51. The van der Waals surface area contributed by atoms with Gasteiger partial charge >= 0.3 is 6.09 Å². The normalized spacial score (nSPS) is 13.8. The zero-order valence-electron chi connectivity index (χ0n) is 19.7. The fraction of sp³-hybridized carbons (Fsp3) is 0.346. The molecule has 35 heavy (non-hydrogen) atoms. The molecule has 1 atom stereocenters. The van der Waals surface area contributed by atoms with Gasteiger partial charge in [0.2, 0.25) is 5.91 Å². The zero-order chi connectivity index (χ0) is 24.8. The highest BCUT2D eigenvalue weighted by Crippen LogP contribution is 2.32. The van der Waals surface area contributed by atoms with Crippen LogP contribution in [0.2, 0.25) is 5.02 Å². The highest BCUT2D eigenvalue weighted by Gasteiger charge is 2.23. The number of hydrogen-bond donors (Lipinski definition) is 2. The third kappa shape index (κ3) is 7.02. The van der Waals surface area contributed by atoms with Crippen molar-refractivity contribution in [1.82, 2.24) is 10.5 Å². The van der Waals surface area contributed by atoms with Crippen LogP contribution in [0.15, 0.2) is 53.1 Å². The molecular formula is C26H28ClN3O4S. The van der Waals surface area contributed by atoms with Crippen molar-refractivity contribution in [3.05, 3.63) is 70.4 Å². The van der Waals surface area contributed by atoms with Gasteiger partial charge in [0.1, 0.15) is 17.5 Å². The average Bonchev–Trinajstić information content (AvgIpc) is 3.58. The maximum atomic E-state index is 12.6. The molecule has 0 radical (unpaired) electrons. The van der Waals surface area contributed by atoms with E-state index >= 15 is 0 Å². The molecule has 0 spiro atoms. The number of carbonyl (C=O) groups is 2. The summed E-state index contributed by atoms with van der Waals surface area (Å²) < 4.78 is 11.0. The molecule has 1 aliphatic rings. The minimum absolute atomic E-state index is 0.135. The third-order valence-electron chi connectivity index (χ3n) is 5.62. The number of halogens is 1. The summed E-state index contributed by atoms with van der Waals surface area (Å²) in [6.07, 6.45) is 1.61. The summed E-state index contributed by atoms with van der Waals surface area (Å²) in [5.74, 6) is 2.19. The van der Waals surface area contributed by atoms with E-state index < -0.39 is 12.2 Å². The second-order valence-corrected chi connectivity index (χ2v) is 10.0. The molecule has 2 amide bonds. The Kier molecular flexibility index (Phi) is 8.36. The van der Waals surface area contributed by atoms with Gasteiger partial charge < -0.3 is 14.6 Å².